The third kappa shape index (κ3) is 1.34. The molecule has 0 aliphatic carbocycles. The zero-order valence-electron chi connectivity index (χ0n) is 6.97. The maximum absolute atomic E-state index is 11.0. The second-order valence-electron chi connectivity index (χ2n) is 3.30. The Balaban J connectivity index is 3.02. The Morgan fingerprint density at radius 2 is 2.18 bits per heavy atom. The van der Waals surface area contributed by atoms with Crippen molar-refractivity contribution in [2.45, 2.75) is 26.3 Å². The Hall–Kier alpha value is -1.06. The standard InChI is InChI=1S/C7H12N2O2/c1-5-7(2,3)8-6(10)4-9(5)11/h4H2,1-3H3,(H,8,10). The minimum atomic E-state index is -0.489. The predicted octanol–water partition coefficient (Wildman–Crippen LogP) is -0.134. The smallest absolute Gasteiger partial charge is 0.287 e. The maximum atomic E-state index is 11.0. The summed E-state index contributed by atoms with van der Waals surface area (Å²) in [6.45, 7) is 5.27. The van der Waals surface area contributed by atoms with E-state index in [-0.39, 0.29) is 12.5 Å². The van der Waals surface area contributed by atoms with Crippen LogP contribution in [0.2, 0.25) is 0 Å². The highest BCUT2D eigenvalue weighted by Crippen LogP contribution is 2.08. The number of nitrogens with zero attached hydrogens (tertiary/aromatic N) is 1. The van der Waals surface area contributed by atoms with E-state index in [0.717, 1.165) is 4.74 Å². The van der Waals surface area contributed by atoms with Crippen LogP contribution in [0.4, 0.5) is 0 Å². The molecule has 1 rings (SSSR count). The molecule has 4 nitrogen and oxygen atoms in total. The number of hydroxylamine groups is 1. The molecule has 0 radical (unpaired) electrons. The molecule has 0 unspecified atom stereocenters. The van der Waals surface area contributed by atoms with Crippen molar-refractivity contribution in [2.24, 2.45) is 0 Å². The van der Waals surface area contributed by atoms with E-state index in [1.807, 2.05) is 13.8 Å². The van der Waals surface area contributed by atoms with Crippen LogP contribution in [0.5, 0.6) is 0 Å². The van der Waals surface area contributed by atoms with E-state index in [1.165, 1.54) is 0 Å². The second-order valence-corrected chi connectivity index (χ2v) is 3.30. The summed E-state index contributed by atoms with van der Waals surface area (Å²) in [5.74, 6) is -0.212. The van der Waals surface area contributed by atoms with Gasteiger partial charge in [-0.15, -0.1) is 0 Å². The molecule has 0 aromatic carbocycles. The summed E-state index contributed by atoms with van der Waals surface area (Å²) < 4.78 is 0.735. The van der Waals surface area contributed by atoms with Gasteiger partial charge in [-0.2, -0.15) is 0 Å². The van der Waals surface area contributed by atoms with Crippen LogP contribution in [0.1, 0.15) is 20.8 Å². The lowest BCUT2D eigenvalue weighted by Crippen LogP contribution is -2.57. The van der Waals surface area contributed by atoms with Gasteiger partial charge in [0, 0.05) is 6.92 Å². The molecule has 0 aromatic heterocycles. The number of carbonyl (C=O) groups is 1. The van der Waals surface area contributed by atoms with Crippen LogP contribution in [0.25, 0.3) is 0 Å². The Morgan fingerprint density at radius 1 is 1.64 bits per heavy atom. The number of nitrogens with one attached hydrogen (secondary N) is 1. The number of carbonyl (C=O) groups excluding carboxylic acids is 1. The molecule has 4 heteroatoms. The lowest BCUT2D eigenvalue weighted by Gasteiger charge is -2.29. The monoisotopic (exact) mass is 156 g/mol. The van der Waals surface area contributed by atoms with Gasteiger partial charge < -0.3 is 10.5 Å². The molecule has 62 valence electrons. The van der Waals surface area contributed by atoms with Gasteiger partial charge >= 0.3 is 0 Å². The first-order chi connectivity index (χ1) is 4.93. The third-order valence-corrected chi connectivity index (χ3v) is 2.02. The molecule has 0 saturated heterocycles. The molecule has 1 amide bonds. The fraction of sp³-hybridized carbons (Fsp3) is 0.714. The fourth-order valence-electron chi connectivity index (χ4n) is 1.04. The fourth-order valence-corrected chi connectivity index (χ4v) is 1.04. The highest BCUT2D eigenvalue weighted by atomic mass is 16.5. The number of hydrogen-bond donors (Lipinski definition) is 1. The van der Waals surface area contributed by atoms with E-state index in [9.17, 15) is 10.0 Å². The van der Waals surface area contributed by atoms with Gasteiger partial charge in [0.15, 0.2) is 5.71 Å². The molecule has 0 spiro atoms. The van der Waals surface area contributed by atoms with Crippen LogP contribution in [0.15, 0.2) is 0 Å². The van der Waals surface area contributed by atoms with Gasteiger partial charge in [-0.05, 0) is 13.8 Å². The van der Waals surface area contributed by atoms with Crippen molar-refractivity contribution < 1.29 is 9.53 Å². The first-order valence-electron chi connectivity index (χ1n) is 3.53. The van der Waals surface area contributed by atoms with E-state index < -0.39 is 5.54 Å². The van der Waals surface area contributed by atoms with Gasteiger partial charge in [0.25, 0.3) is 5.91 Å². The van der Waals surface area contributed by atoms with Gasteiger partial charge in [-0.1, -0.05) is 0 Å². The third-order valence-electron chi connectivity index (χ3n) is 2.02. The van der Waals surface area contributed by atoms with E-state index in [4.69, 9.17) is 0 Å². The van der Waals surface area contributed by atoms with Gasteiger partial charge in [0.1, 0.15) is 5.54 Å². The van der Waals surface area contributed by atoms with E-state index in [2.05, 4.69) is 5.32 Å². The van der Waals surface area contributed by atoms with Crippen molar-refractivity contribution in [2.75, 3.05) is 6.54 Å². The molecule has 1 N–H and O–H groups in total. The van der Waals surface area contributed by atoms with Gasteiger partial charge in [-0.3, -0.25) is 4.79 Å². The molecule has 0 fully saturated rings. The number of amides is 1. The summed E-state index contributed by atoms with van der Waals surface area (Å²) in [6, 6.07) is 0. The van der Waals surface area contributed by atoms with E-state index in [0.29, 0.717) is 5.71 Å². The highest BCUT2D eigenvalue weighted by Gasteiger charge is 2.34. The van der Waals surface area contributed by atoms with Crippen LogP contribution in [-0.4, -0.2) is 28.4 Å². The summed E-state index contributed by atoms with van der Waals surface area (Å²) >= 11 is 0. The lowest BCUT2D eigenvalue weighted by molar-refractivity contribution is -0.452. The molecule has 1 heterocycles. The molecular weight excluding hydrogens is 144 g/mol. The van der Waals surface area contributed by atoms with Crippen molar-refractivity contribution in [3.63, 3.8) is 0 Å². The van der Waals surface area contributed by atoms with Crippen molar-refractivity contribution in [1.29, 1.82) is 0 Å². The van der Waals surface area contributed by atoms with E-state index in [1.54, 1.807) is 6.92 Å². The van der Waals surface area contributed by atoms with Crippen LogP contribution >= 0.6 is 0 Å². The van der Waals surface area contributed by atoms with Crippen molar-refractivity contribution in [3.05, 3.63) is 5.21 Å². The van der Waals surface area contributed by atoms with Crippen molar-refractivity contribution in [3.8, 4) is 0 Å². The zero-order chi connectivity index (χ0) is 8.65. The van der Waals surface area contributed by atoms with Gasteiger partial charge in [0.2, 0.25) is 6.54 Å². The molecule has 1 aliphatic heterocycles. The highest BCUT2D eigenvalue weighted by molar-refractivity contribution is 5.94. The Morgan fingerprint density at radius 3 is 2.64 bits per heavy atom. The molecule has 0 atom stereocenters. The number of hydrogen-bond acceptors (Lipinski definition) is 2. The molecule has 0 saturated carbocycles. The number of rotatable bonds is 0. The summed E-state index contributed by atoms with van der Waals surface area (Å²) in [4.78, 5) is 10.9. The SMILES string of the molecule is CC1=[N+]([O-])CC(=O)NC1(C)C. The van der Waals surface area contributed by atoms with E-state index >= 15 is 0 Å². The Kier molecular flexibility index (Phi) is 1.62. The topological polar surface area (TPSA) is 55.2 Å². The molecule has 1 aliphatic rings. The minimum Gasteiger partial charge on any atom is -0.623 e. The van der Waals surface area contributed by atoms with Crippen molar-refractivity contribution in [1.82, 2.24) is 5.32 Å². The quantitative estimate of drug-likeness (QED) is 0.392. The van der Waals surface area contributed by atoms with Gasteiger partial charge in [0.05, 0.1) is 0 Å². The summed E-state index contributed by atoms with van der Waals surface area (Å²) in [5.41, 5.74) is 0.161. The Bertz CT molecular complexity index is 231. The average Bonchev–Trinajstić information content (AvgIpc) is 1.81. The first-order valence-corrected chi connectivity index (χ1v) is 3.53. The van der Waals surface area contributed by atoms with Crippen LogP contribution in [-0.2, 0) is 4.79 Å². The molecular formula is C7H12N2O2. The van der Waals surface area contributed by atoms with Crippen LogP contribution in [0, 0.1) is 5.21 Å². The zero-order valence-corrected chi connectivity index (χ0v) is 6.97. The predicted molar refractivity (Wildman–Crippen MR) is 41.4 cm³/mol. The van der Waals surface area contributed by atoms with Crippen molar-refractivity contribution >= 4 is 11.6 Å². The lowest BCUT2D eigenvalue weighted by atomic mass is 9.98. The second kappa shape index (κ2) is 2.22. The molecule has 0 aromatic rings. The Labute approximate surface area is 65.5 Å². The van der Waals surface area contributed by atoms with Crippen LogP contribution < -0.4 is 5.32 Å². The summed E-state index contributed by atoms with van der Waals surface area (Å²) in [7, 11) is 0. The first kappa shape index (κ1) is 8.04. The molecule has 0 bridgehead atoms. The van der Waals surface area contributed by atoms with Crippen LogP contribution in [0.3, 0.4) is 0 Å². The maximum Gasteiger partial charge on any atom is 0.287 e. The van der Waals surface area contributed by atoms with Gasteiger partial charge in [-0.25, -0.2) is 4.74 Å². The largest absolute Gasteiger partial charge is 0.623 e. The normalized spacial score (nSPS) is 23.4. The molecule has 11 heavy (non-hydrogen) atoms. The summed E-state index contributed by atoms with van der Waals surface area (Å²) in [5, 5.41) is 13.8. The minimum absolute atomic E-state index is 0.0741. The summed E-state index contributed by atoms with van der Waals surface area (Å²) in [6.07, 6.45) is 0. The average molecular weight is 156 g/mol.